The molecule has 90 valence electrons. The number of rotatable bonds is 2. The molecule has 0 aliphatic heterocycles. The van der Waals surface area contributed by atoms with E-state index in [0.29, 0.717) is 5.15 Å². The topological polar surface area (TPSA) is 25.8 Å². The summed E-state index contributed by atoms with van der Waals surface area (Å²) in [6, 6.07) is 10.7. The molecule has 0 radical (unpaired) electrons. The van der Waals surface area contributed by atoms with E-state index >= 15 is 0 Å². The molecular weight excluding hydrogens is 264 g/mol. The van der Waals surface area contributed by atoms with Crippen LogP contribution in [0.25, 0.3) is 20.7 Å². The van der Waals surface area contributed by atoms with Crippen molar-refractivity contribution in [3.63, 3.8) is 0 Å². The summed E-state index contributed by atoms with van der Waals surface area (Å²) in [7, 11) is 0. The molecule has 0 aliphatic rings. The predicted molar refractivity (Wildman–Crippen MR) is 77.2 cm³/mol. The van der Waals surface area contributed by atoms with Crippen LogP contribution in [0.4, 0.5) is 0 Å². The maximum Gasteiger partial charge on any atom is 0.150 e. The maximum atomic E-state index is 6.06. The Labute approximate surface area is 114 Å². The lowest BCUT2D eigenvalue weighted by molar-refractivity contribution is 1.14. The molecule has 3 rings (SSSR count). The van der Waals surface area contributed by atoms with Crippen molar-refractivity contribution in [1.29, 1.82) is 0 Å². The van der Waals surface area contributed by atoms with Crippen molar-refractivity contribution >= 4 is 33.2 Å². The Morgan fingerprint density at radius 3 is 2.61 bits per heavy atom. The summed E-state index contributed by atoms with van der Waals surface area (Å²) in [5, 5.41) is 0.529. The molecule has 0 unspecified atom stereocenters. The Bertz CT molecular complexity index is 689. The van der Waals surface area contributed by atoms with E-state index in [1.54, 1.807) is 11.3 Å². The minimum absolute atomic E-state index is 0.529. The second kappa shape index (κ2) is 4.67. The van der Waals surface area contributed by atoms with E-state index in [0.717, 1.165) is 16.6 Å². The van der Waals surface area contributed by atoms with E-state index < -0.39 is 0 Å². The van der Waals surface area contributed by atoms with Gasteiger partial charge in [0.2, 0.25) is 0 Å². The normalized spacial score (nSPS) is 11.0. The molecule has 0 N–H and O–H groups in total. The quantitative estimate of drug-likeness (QED) is 0.640. The van der Waals surface area contributed by atoms with Gasteiger partial charge in [0.15, 0.2) is 0 Å². The average Bonchev–Trinajstić information content (AvgIpc) is 2.84. The molecule has 2 nitrogen and oxygen atoms in total. The Morgan fingerprint density at radius 1 is 1.17 bits per heavy atom. The molecule has 0 bridgehead atoms. The highest BCUT2D eigenvalue weighted by Crippen LogP contribution is 2.35. The molecule has 0 saturated heterocycles. The molecule has 2 aromatic heterocycles. The molecule has 0 saturated carbocycles. The third-order valence-electron chi connectivity index (χ3n) is 2.91. The smallest absolute Gasteiger partial charge is 0.150 e. The standard InChI is InChI=1S/C14H11ClN2S/c1-2-9-3-5-10(6-4-9)12-7-11-13(18-12)14(15)17-8-16-11/h3-8H,2H2,1H3. The van der Waals surface area contributed by atoms with E-state index in [-0.39, 0.29) is 0 Å². The molecule has 18 heavy (non-hydrogen) atoms. The molecule has 0 fully saturated rings. The first kappa shape index (κ1) is 11.6. The van der Waals surface area contributed by atoms with Crippen LogP contribution in [0.2, 0.25) is 5.15 Å². The van der Waals surface area contributed by atoms with Gasteiger partial charge >= 0.3 is 0 Å². The van der Waals surface area contributed by atoms with Gasteiger partial charge in [-0.1, -0.05) is 42.8 Å². The van der Waals surface area contributed by atoms with E-state index in [9.17, 15) is 0 Å². The van der Waals surface area contributed by atoms with Crippen LogP contribution in [0.3, 0.4) is 0 Å². The SMILES string of the molecule is CCc1ccc(-c2cc3ncnc(Cl)c3s2)cc1. The number of aromatic nitrogens is 2. The van der Waals surface area contributed by atoms with Crippen LogP contribution in [0.5, 0.6) is 0 Å². The molecule has 0 aliphatic carbocycles. The number of nitrogens with zero attached hydrogens (tertiary/aromatic N) is 2. The zero-order chi connectivity index (χ0) is 12.5. The van der Waals surface area contributed by atoms with Crippen molar-refractivity contribution in [3.05, 3.63) is 47.4 Å². The molecule has 4 heteroatoms. The number of hydrogen-bond donors (Lipinski definition) is 0. The van der Waals surface area contributed by atoms with Gasteiger partial charge in [0, 0.05) is 4.88 Å². The van der Waals surface area contributed by atoms with Crippen LogP contribution in [0.1, 0.15) is 12.5 Å². The fraction of sp³-hybridized carbons (Fsp3) is 0.143. The highest BCUT2D eigenvalue weighted by atomic mass is 35.5. The van der Waals surface area contributed by atoms with Crippen LogP contribution in [-0.2, 0) is 6.42 Å². The summed E-state index contributed by atoms with van der Waals surface area (Å²) >= 11 is 7.70. The molecule has 0 atom stereocenters. The number of fused-ring (bicyclic) bond motifs is 1. The lowest BCUT2D eigenvalue weighted by Crippen LogP contribution is -1.78. The fourth-order valence-electron chi connectivity index (χ4n) is 1.87. The monoisotopic (exact) mass is 274 g/mol. The molecule has 2 heterocycles. The van der Waals surface area contributed by atoms with Gasteiger partial charge in [-0.2, -0.15) is 0 Å². The van der Waals surface area contributed by atoms with Crippen molar-refractivity contribution in [2.24, 2.45) is 0 Å². The van der Waals surface area contributed by atoms with E-state index in [1.807, 2.05) is 0 Å². The first-order chi connectivity index (χ1) is 8.78. The second-order valence-corrected chi connectivity index (χ2v) is 5.45. The summed E-state index contributed by atoms with van der Waals surface area (Å²) in [5.41, 5.74) is 3.46. The predicted octanol–water partition coefficient (Wildman–Crippen LogP) is 4.57. The zero-order valence-electron chi connectivity index (χ0n) is 9.85. The highest BCUT2D eigenvalue weighted by molar-refractivity contribution is 7.22. The van der Waals surface area contributed by atoms with Crippen molar-refractivity contribution in [2.45, 2.75) is 13.3 Å². The van der Waals surface area contributed by atoms with Gasteiger partial charge in [-0.15, -0.1) is 11.3 Å². The Morgan fingerprint density at radius 2 is 1.94 bits per heavy atom. The molecule has 0 spiro atoms. The highest BCUT2D eigenvalue weighted by Gasteiger charge is 2.08. The van der Waals surface area contributed by atoms with Gasteiger partial charge in [0.1, 0.15) is 11.5 Å². The van der Waals surface area contributed by atoms with E-state index in [1.165, 1.54) is 22.3 Å². The summed E-state index contributed by atoms with van der Waals surface area (Å²) < 4.78 is 0.953. The average molecular weight is 275 g/mol. The van der Waals surface area contributed by atoms with Crippen LogP contribution in [0.15, 0.2) is 36.7 Å². The summed E-state index contributed by atoms with van der Waals surface area (Å²) in [4.78, 5) is 9.42. The van der Waals surface area contributed by atoms with Gasteiger partial charge in [-0.05, 0) is 23.6 Å². The Kier molecular flexibility index (Phi) is 3.02. The number of halogens is 1. The molecule has 1 aromatic carbocycles. The van der Waals surface area contributed by atoms with Gasteiger partial charge in [-0.25, -0.2) is 9.97 Å². The van der Waals surface area contributed by atoms with Gasteiger partial charge < -0.3 is 0 Å². The largest absolute Gasteiger partial charge is 0.235 e. The van der Waals surface area contributed by atoms with Crippen molar-refractivity contribution < 1.29 is 0 Å². The minimum atomic E-state index is 0.529. The van der Waals surface area contributed by atoms with Gasteiger partial charge in [-0.3, -0.25) is 0 Å². The first-order valence-electron chi connectivity index (χ1n) is 5.77. The van der Waals surface area contributed by atoms with Crippen LogP contribution in [-0.4, -0.2) is 9.97 Å². The van der Waals surface area contributed by atoms with Crippen molar-refractivity contribution in [2.75, 3.05) is 0 Å². The van der Waals surface area contributed by atoms with Crippen LogP contribution >= 0.6 is 22.9 Å². The molecular formula is C14H11ClN2S. The maximum absolute atomic E-state index is 6.06. The lowest BCUT2D eigenvalue weighted by Gasteiger charge is -1.99. The van der Waals surface area contributed by atoms with E-state index in [2.05, 4.69) is 47.2 Å². The summed E-state index contributed by atoms with van der Waals surface area (Å²) in [6.07, 6.45) is 2.56. The number of benzene rings is 1. The van der Waals surface area contributed by atoms with E-state index in [4.69, 9.17) is 11.6 Å². The molecule has 3 aromatic rings. The number of thiophene rings is 1. The third-order valence-corrected chi connectivity index (χ3v) is 4.49. The number of aryl methyl sites for hydroxylation is 1. The third kappa shape index (κ3) is 2.00. The number of hydrogen-bond acceptors (Lipinski definition) is 3. The lowest BCUT2D eigenvalue weighted by atomic mass is 10.1. The summed E-state index contributed by atoms with van der Waals surface area (Å²) in [5.74, 6) is 0. The van der Waals surface area contributed by atoms with Crippen LogP contribution < -0.4 is 0 Å². The van der Waals surface area contributed by atoms with Crippen LogP contribution in [0, 0.1) is 0 Å². The van der Waals surface area contributed by atoms with Gasteiger partial charge in [0.25, 0.3) is 0 Å². The Balaban J connectivity index is 2.10. The van der Waals surface area contributed by atoms with Crippen molar-refractivity contribution in [3.8, 4) is 10.4 Å². The summed E-state index contributed by atoms with van der Waals surface area (Å²) in [6.45, 7) is 2.16. The molecule has 0 amide bonds. The Hall–Kier alpha value is -1.45. The second-order valence-electron chi connectivity index (χ2n) is 4.04. The van der Waals surface area contributed by atoms with Gasteiger partial charge in [0.05, 0.1) is 10.2 Å². The zero-order valence-corrected chi connectivity index (χ0v) is 11.4. The van der Waals surface area contributed by atoms with Crippen molar-refractivity contribution in [1.82, 2.24) is 9.97 Å². The minimum Gasteiger partial charge on any atom is -0.235 e. The first-order valence-corrected chi connectivity index (χ1v) is 6.96. The fourth-order valence-corrected chi connectivity index (χ4v) is 3.13.